The quantitative estimate of drug-likeness (QED) is 0.894. The highest BCUT2D eigenvalue weighted by molar-refractivity contribution is 7.09. The second kappa shape index (κ2) is 5.59. The lowest BCUT2D eigenvalue weighted by Gasteiger charge is -2.37. The molecule has 3 N–H and O–H groups in total. The van der Waals surface area contributed by atoms with Crippen molar-refractivity contribution in [1.29, 1.82) is 0 Å². The maximum Gasteiger partial charge on any atom is 0.225 e. The molecule has 1 fully saturated rings. The van der Waals surface area contributed by atoms with E-state index in [1.54, 1.807) is 11.3 Å². The summed E-state index contributed by atoms with van der Waals surface area (Å²) in [4.78, 5) is 16.8. The molecule has 0 spiro atoms. The fraction of sp³-hybridized carbons (Fsp3) is 0.714. The first kappa shape index (κ1) is 14.5. The summed E-state index contributed by atoms with van der Waals surface area (Å²) in [5.74, 6) is -0.00807. The van der Waals surface area contributed by atoms with Crippen LogP contribution in [-0.4, -0.2) is 16.4 Å². The van der Waals surface area contributed by atoms with Crippen LogP contribution in [0, 0.1) is 12.8 Å². The number of carbonyl (C=O) groups is 1. The Hall–Kier alpha value is -0.940. The van der Waals surface area contributed by atoms with Gasteiger partial charge in [-0.1, -0.05) is 12.8 Å². The second-order valence-corrected chi connectivity index (χ2v) is 6.89. The standard InChI is InChI=1S/C14H23N3OS/c1-9(12-8-19-10(2)17-12)16-13(18)11-6-4-5-7-14(11,3)15/h8-9,11H,4-7,15H2,1-3H3,(H,16,18). The van der Waals surface area contributed by atoms with E-state index in [0.29, 0.717) is 0 Å². The molecule has 1 amide bonds. The average Bonchev–Trinajstić information content (AvgIpc) is 2.75. The van der Waals surface area contributed by atoms with Crippen LogP contribution in [0.3, 0.4) is 0 Å². The second-order valence-electron chi connectivity index (χ2n) is 5.83. The molecule has 1 aromatic rings. The summed E-state index contributed by atoms with van der Waals surface area (Å²) in [6, 6.07) is -0.0461. The van der Waals surface area contributed by atoms with Gasteiger partial charge in [-0.25, -0.2) is 4.98 Å². The molecule has 0 bridgehead atoms. The molecule has 1 saturated carbocycles. The molecule has 1 aliphatic rings. The maximum absolute atomic E-state index is 12.4. The van der Waals surface area contributed by atoms with Crippen molar-refractivity contribution < 1.29 is 4.79 Å². The highest BCUT2D eigenvalue weighted by Crippen LogP contribution is 2.32. The molecule has 19 heavy (non-hydrogen) atoms. The van der Waals surface area contributed by atoms with Gasteiger partial charge in [-0.15, -0.1) is 11.3 Å². The average molecular weight is 281 g/mol. The number of carbonyl (C=O) groups excluding carboxylic acids is 1. The van der Waals surface area contributed by atoms with Crippen LogP contribution in [0.4, 0.5) is 0 Å². The first-order valence-corrected chi connectivity index (χ1v) is 7.79. The maximum atomic E-state index is 12.4. The van der Waals surface area contributed by atoms with Gasteiger partial charge in [0.05, 0.1) is 22.7 Å². The number of aryl methyl sites for hydroxylation is 1. The van der Waals surface area contributed by atoms with Crippen molar-refractivity contribution in [3.8, 4) is 0 Å². The third-order valence-electron chi connectivity index (χ3n) is 4.01. The topological polar surface area (TPSA) is 68.0 Å². The Labute approximate surface area is 118 Å². The van der Waals surface area contributed by atoms with Gasteiger partial charge in [0.1, 0.15) is 0 Å². The number of aromatic nitrogens is 1. The molecule has 1 heterocycles. The summed E-state index contributed by atoms with van der Waals surface area (Å²) in [6.45, 7) is 5.94. The SMILES string of the molecule is Cc1nc(C(C)NC(=O)C2CCCCC2(C)N)cs1. The van der Waals surface area contributed by atoms with Crippen molar-refractivity contribution in [3.63, 3.8) is 0 Å². The zero-order chi connectivity index (χ0) is 14.0. The van der Waals surface area contributed by atoms with Gasteiger partial charge in [-0.3, -0.25) is 4.79 Å². The van der Waals surface area contributed by atoms with Crippen molar-refractivity contribution in [2.45, 2.75) is 58.0 Å². The number of nitrogens with two attached hydrogens (primary N) is 1. The third-order valence-corrected chi connectivity index (χ3v) is 4.80. The number of hydrogen-bond acceptors (Lipinski definition) is 4. The van der Waals surface area contributed by atoms with Crippen LogP contribution < -0.4 is 11.1 Å². The van der Waals surface area contributed by atoms with E-state index in [0.717, 1.165) is 36.4 Å². The summed E-state index contributed by atoms with van der Waals surface area (Å²) < 4.78 is 0. The van der Waals surface area contributed by atoms with Crippen molar-refractivity contribution in [2.75, 3.05) is 0 Å². The smallest absolute Gasteiger partial charge is 0.225 e. The molecule has 0 saturated heterocycles. The molecule has 4 nitrogen and oxygen atoms in total. The molecule has 3 atom stereocenters. The Morgan fingerprint density at radius 1 is 1.63 bits per heavy atom. The zero-order valence-electron chi connectivity index (χ0n) is 11.9. The monoisotopic (exact) mass is 281 g/mol. The number of amides is 1. The molecule has 0 aliphatic heterocycles. The predicted octanol–water partition coefficient (Wildman–Crippen LogP) is 2.54. The number of thiazole rings is 1. The summed E-state index contributed by atoms with van der Waals surface area (Å²) >= 11 is 1.61. The zero-order valence-corrected chi connectivity index (χ0v) is 12.7. The van der Waals surface area contributed by atoms with E-state index in [1.807, 2.05) is 26.2 Å². The van der Waals surface area contributed by atoms with Crippen LogP contribution >= 0.6 is 11.3 Å². The van der Waals surface area contributed by atoms with Crippen LogP contribution in [0.15, 0.2) is 5.38 Å². The van der Waals surface area contributed by atoms with E-state index in [-0.39, 0.29) is 23.4 Å². The Bertz CT molecular complexity index is 455. The summed E-state index contributed by atoms with van der Waals surface area (Å²) in [6.07, 6.45) is 4.03. The van der Waals surface area contributed by atoms with Crippen LogP contribution in [0.1, 0.15) is 56.3 Å². The Balaban J connectivity index is 2.00. The molecule has 2 rings (SSSR count). The Kier molecular flexibility index (Phi) is 4.26. The molecule has 0 aromatic carbocycles. The molecule has 5 heteroatoms. The van der Waals surface area contributed by atoms with Gasteiger partial charge in [-0.05, 0) is 33.6 Å². The highest BCUT2D eigenvalue weighted by atomic mass is 32.1. The highest BCUT2D eigenvalue weighted by Gasteiger charge is 2.38. The first-order valence-electron chi connectivity index (χ1n) is 6.91. The van der Waals surface area contributed by atoms with E-state index in [2.05, 4.69) is 10.3 Å². The normalized spacial score (nSPS) is 28.9. The van der Waals surface area contributed by atoms with Crippen molar-refractivity contribution in [1.82, 2.24) is 10.3 Å². The van der Waals surface area contributed by atoms with Crippen LogP contribution in [-0.2, 0) is 4.79 Å². The number of nitrogens with one attached hydrogen (secondary N) is 1. The van der Waals surface area contributed by atoms with Crippen LogP contribution in [0.25, 0.3) is 0 Å². The van der Waals surface area contributed by atoms with E-state index >= 15 is 0 Å². The molecule has 1 aromatic heterocycles. The van der Waals surface area contributed by atoms with E-state index in [9.17, 15) is 4.79 Å². The van der Waals surface area contributed by atoms with Crippen LogP contribution in [0.5, 0.6) is 0 Å². The third kappa shape index (κ3) is 3.34. The number of rotatable bonds is 3. The van der Waals surface area contributed by atoms with Crippen molar-refractivity contribution >= 4 is 17.2 Å². The van der Waals surface area contributed by atoms with Gasteiger partial charge < -0.3 is 11.1 Å². The molecular formula is C14H23N3OS. The lowest BCUT2D eigenvalue weighted by Crippen LogP contribution is -2.53. The minimum Gasteiger partial charge on any atom is -0.348 e. The minimum absolute atomic E-state index is 0.0461. The largest absolute Gasteiger partial charge is 0.348 e. The van der Waals surface area contributed by atoms with Gasteiger partial charge in [0, 0.05) is 10.9 Å². The van der Waals surface area contributed by atoms with Crippen molar-refractivity contribution in [3.05, 3.63) is 16.1 Å². The number of hydrogen-bond donors (Lipinski definition) is 2. The molecule has 0 radical (unpaired) electrons. The minimum atomic E-state index is -0.375. The number of nitrogens with zero attached hydrogens (tertiary/aromatic N) is 1. The first-order chi connectivity index (χ1) is 8.90. The van der Waals surface area contributed by atoms with E-state index < -0.39 is 0 Å². The van der Waals surface area contributed by atoms with Crippen LogP contribution in [0.2, 0.25) is 0 Å². The van der Waals surface area contributed by atoms with Gasteiger partial charge >= 0.3 is 0 Å². The van der Waals surface area contributed by atoms with E-state index in [1.165, 1.54) is 0 Å². The van der Waals surface area contributed by atoms with Gasteiger partial charge in [0.25, 0.3) is 0 Å². The molecule has 1 aliphatic carbocycles. The van der Waals surface area contributed by atoms with Gasteiger partial charge in [0.2, 0.25) is 5.91 Å². The predicted molar refractivity (Wildman–Crippen MR) is 78.0 cm³/mol. The van der Waals surface area contributed by atoms with Gasteiger partial charge in [-0.2, -0.15) is 0 Å². The van der Waals surface area contributed by atoms with Gasteiger partial charge in [0.15, 0.2) is 0 Å². The molecule has 3 unspecified atom stereocenters. The van der Waals surface area contributed by atoms with E-state index in [4.69, 9.17) is 5.73 Å². The fourth-order valence-corrected chi connectivity index (χ4v) is 3.46. The van der Waals surface area contributed by atoms with Crippen molar-refractivity contribution in [2.24, 2.45) is 11.7 Å². The molecule has 106 valence electrons. The lowest BCUT2D eigenvalue weighted by atomic mass is 9.74. The summed E-state index contributed by atoms with van der Waals surface area (Å²) in [7, 11) is 0. The summed E-state index contributed by atoms with van der Waals surface area (Å²) in [5.41, 5.74) is 6.83. The molecular weight excluding hydrogens is 258 g/mol. The fourth-order valence-electron chi connectivity index (χ4n) is 2.76. The Morgan fingerprint density at radius 2 is 2.37 bits per heavy atom. The Morgan fingerprint density at radius 3 is 2.95 bits per heavy atom. The lowest BCUT2D eigenvalue weighted by molar-refractivity contribution is -0.128. The summed E-state index contributed by atoms with van der Waals surface area (Å²) in [5, 5.41) is 6.09.